The van der Waals surface area contributed by atoms with Crippen molar-refractivity contribution in [3.63, 3.8) is 0 Å². The van der Waals surface area contributed by atoms with Gasteiger partial charge in [-0.3, -0.25) is 9.48 Å². The van der Waals surface area contributed by atoms with Gasteiger partial charge in [-0.15, -0.1) is 0 Å². The highest BCUT2D eigenvalue weighted by molar-refractivity contribution is 7.59. The number of fused-ring (bicyclic) bond motifs is 1. The van der Waals surface area contributed by atoms with Crippen molar-refractivity contribution in [2.45, 2.75) is 39.9 Å². The fourth-order valence-corrected chi connectivity index (χ4v) is 4.31. The number of aryl methyl sites for hydroxylation is 1. The fraction of sp³-hybridized carbons (Fsp3) is 0.375. The molecular formula is C24H30F2N6O2S. The number of halogens is 2. The van der Waals surface area contributed by atoms with E-state index in [0.29, 0.717) is 17.9 Å². The van der Waals surface area contributed by atoms with E-state index in [1.807, 2.05) is 38.8 Å². The number of likely N-dealkylation sites (N-methyl/N-ethyl adjacent to an activating group) is 1. The minimum absolute atomic E-state index is 0. The van der Waals surface area contributed by atoms with E-state index in [2.05, 4.69) is 20.7 Å². The van der Waals surface area contributed by atoms with E-state index in [1.165, 1.54) is 19.2 Å². The molecule has 2 aromatic heterocycles. The topological polar surface area (TPSA) is 84.3 Å². The number of hydrogen-bond acceptors (Lipinski definition) is 6. The van der Waals surface area contributed by atoms with Crippen LogP contribution in [0.1, 0.15) is 30.7 Å². The Morgan fingerprint density at radius 1 is 1.20 bits per heavy atom. The van der Waals surface area contributed by atoms with Gasteiger partial charge in [0.05, 0.1) is 36.9 Å². The zero-order valence-electron chi connectivity index (χ0n) is 20.3. The maximum atomic E-state index is 14.0. The molecule has 35 heavy (non-hydrogen) atoms. The smallest absolute Gasteiger partial charge is 0.247 e. The number of methoxy groups -OCH3 is 1. The normalized spacial score (nSPS) is 14.9. The van der Waals surface area contributed by atoms with Gasteiger partial charge in [0.1, 0.15) is 11.9 Å². The lowest BCUT2D eigenvalue weighted by Gasteiger charge is -2.38. The van der Waals surface area contributed by atoms with Crippen LogP contribution in [0, 0.1) is 24.5 Å². The number of nitrogens with one attached hydrogen (secondary N) is 2. The molecule has 0 saturated heterocycles. The van der Waals surface area contributed by atoms with Crippen LogP contribution in [0.4, 0.5) is 26.0 Å². The van der Waals surface area contributed by atoms with E-state index >= 15 is 0 Å². The molecule has 0 radical (unpaired) electrons. The van der Waals surface area contributed by atoms with E-state index in [1.54, 1.807) is 17.1 Å². The Labute approximate surface area is 210 Å². The van der Waals surface area contributed by atoms with Crippen LogP contribution >= 0.6 is 13.5 Å². The molecule has 0 saturated carbocycles. The number of carbonyl (C=O) groups excluding carboxylic acids is 1. The average molecular weight is 505 g/mol. The Morgan fingerprint density at radius 3 is 2.51 bits per heavy atom. The molecule has 4 rings (SSSR count). The molecule has 1 aliphatic heterocycles. The van der Waals surface area contributed by atoms with E-state index in [-0.39, 0.29) is 37.9 Å². The molecule has 1 aliphatic rings. The third-order valence-corrected chi connectivity index (χ3v) is 5.89. The van der Waals surface area contributed by atoms with Crippen molar-refractivity contribution < 1.29 is 18.3 Å². The highest BCUT2D eigenvalue weighted by atomic mass is 32.1. The van der Waals surface area contributed by atoms with Crippen molar-refractivity contribution >= 4 is 36.6 Å². The standard InChI is InChI=1S/C24H28F2N6O2.H2S/c1-13(2)22-24(33)30-21-14(3)29-20(8-19(21)31(22)4)27-9-16-10-28-32(12-16)11-15-6-17(25)23(34-5)18(26)7-15;/h6-8,10,12-13,22H,9,11H2,1-5H3,(H,27,29)(H,30,33);1H2/t22-;/m0./s1. The average Bonchev–Trinajstić information content (AvgIpc) is 3.20. The van der Waals surface area contributed by atoms with Gasteiger partial charge in [0.15, 0.2) is 17.4 Å². The second kappa shape index (κ2) is 10.5. The van der Waals surface area contributed by atoms with Gasteiger partial charge in [-0.25, -0.2) is 13.8 Å². The largest absolute Gasteiger partial charge is 0.491 e. The van der Waals surface area contributed by atoms with Crippen LogP contribution in [-0.2, 0) is 17.9 Å². The van der Waals surface area contributed by atoms with E-state index in [4.69, 9.17) is 4.74 Å². The van der Waals surface area contributed by atoms with Crippen LogP contribution in [0.15, 0.2) is 30.6 Å². The molecular weight excluding hydrogens is 474 g/mol. The molecule has 2 N–H and O–H groups in total. The molecule has 1 atom stereocenters. The number of anilines is 3. The lowest BCUT2D eigenvalue weighted by Crippen LogP contribution is -2.49. The number of aromatic nitrogens is 3. The zero-order valence-corrected chi connectivity index (χ0v) is 21.3. The molecule has 0 aliphatic carbocycles. The monoisotopic (exact) mass is 504 g/mol. The number of benzene rings is 1. The van der Waals surface area contributed by atoms with Crippen LogP contribution in [-0.4, -0.2) is 40.9 Å². The van der Waals surface area contributed by atoms with Gasteiger partial charge in [-0.1, -0.05) is 13.8 Å². The first-order valence-electron chi connectivity index (χ1n) is 11.0. The van der Waals surface area contributed by atoms with Crippen molar-refractivity contribution in [1.82, 2.24) is 14.8 Å². The molecule has 0 unspecified atom stereocenters. The van der Waals surface area contributed by atoms with Crippen molar-refractivity contribution in [3.8, 4) is 5.75 Å². The Bertz CT molecular complexity index is 1210. The van der Waals surface area contributed by atoms with Gasteiger partial charge in [-0.2, -0.15) is 18.6 Å². The van der Waals surface area contributed by atoms with E-state index < -0.39 is 17.4 Å². The summed E-state index contributed by atoms with van der Waals surface area (Å²) in [6.45, 7) is 6.57. The van der Waals surface area contributed by atoms with Gasteiger partial charge in [0.25, 0.3) is 0 Å². The molecule has 3 heterocycles. The molecule has 1 aromatic carbocycles. The number of amides is 1. The van der Waals surface area contributed by atoms with Crippen LogP contribution in [0.25, 0.3) is 0 Å². The number of rotatable bonds is 7. The molecule has 0 fully saturated rings. The molecule has 8 nitrogen and oxygen atoms in total. The maximum Gasteiger partial charge on any atom is 0.247 e. The number of nitrogens with zero attached hydrogens (tertiary/aromatic N) is 4. The Morgan fingerprint density at radius 2 is 1.89 bits per heavy atom. The zero-order chi connectivity index (χ0) is 24.6. The van der Waals surface area contributed by atoms with Crippen LogP contribution in [0.3, 0.4) is 0 Å². The van der Waals surface area contributed by atoms with E-state index in [0.717, 1.165) is 22.6 Å². The van der Waals surface area contributed by atoms with Crippen molar-refractivity contribution in [2.24, 2.45) is 5.92 Å². The van der Waals surface area contributed by atoms with Gasteiger partial charge in [-0.05, 0) is 30.5 Å². The van der Waals surface area contributed by atoms with E-state index in [9.17, 15) is 13.6 Å². The first kappa shape index (κ1) is 26.3. The summed E-state index contributed by atoms with van der Waals surface area (Å²) in [6.07, 6.45) is 3.50. The number of ether oxygens (including phenoxy) is 1. The molecule has 188 valence electrons. The molecule has 11 heteroatoms. The summed E-state index contributed by atoms with van der Waals surface area (Å²) in [5.41, 5.74) is 3.68. The summed E-state index contributed by atoms with van der Waals surface area (Å²) in [4.78, 5) is 19.1. The lowest BCUT2D eigenvalue weighted by atomic mass is 9.98. The lowest BCUT2D eigenvalue weighted by molar-refractivity contribution is -0.118. The Balaban J connectivity index is 0.00000342. The molecule has 0 spiro atoms. The second-order valence-corrected chi connectivity index (χ2v) is 8.77. The third kappa shape index (κ3) is 5.34. The minimum atomic E-state index is -0.749. The maximum absolute atomic E-state index is 14.0. The number of carbonyl (C=O) groups is 1. The van der Waals surface area contributed by atoms with Crippen LogP contribution in [0.2, 0.25) is 0 Å². The SMILES string of the molecule is COc1c(F)cc(Cn2cc(CNc3cc4c(c(C)n3)NC(=O)[C@H](C(C)C)N4C)cn2)cc1F.S. The van der Waals surface area contributed by atoms with Gasteiger partial charge >= 0.3 is 0 Å². The fourth-order valence-electron chi connectivity index (χ4n) is 4.31. The Kier molecular flexibility index (Phi) is 7.89. The number of pyridine rings is 1. The van der Waals surface area contributed by atoms with Crippen molar-refractivity contribution in [3.05, 3.63) is 59.0 Å². The number of hydrogen-bond donors (Lipinski definition) is 2. The first-order chi connectivity index (χ1) is 16.2. The summed E-state index contributed by atoms with van der Waals surface area (Å²) >= 11 is 0. The summed E-state index contributed by atoms with van der Waals surface area (Å²) in [5, 5.41) is 10.6. The third-order valence-electron chi connectivity index (χ3n) is 5.89. The Hall–Kier alpha value is -3.34. The molecule has 0 bridgehead atoms. The predicted molar refractivity (Wildman–Crippen MR) is 137 cm³/mol. The van der Waals surface area contributed by atoms with Crippen LogP contribution in [0.5, 0.6) is 5.75 Å². The summed E-state index contributed by atoms with van der Waals surface area (Å²) in [6, 6.07) is 4.14. The van der Waals surface area contributed by atoms with Crippen LogP contribution < -0.4 is 20.3 Å². The summed E-state index contributed by atoms with van der Waals surface area (Å²) in [7, 11) is 3.14. The second-order valence-electron chi connectivity index (χ2n) is 8.77. The minimum Gasteiger partial charge on any atom is -0.491 e. The van der Waals surface area contributed by atoms with Gasteiger partial charge in [0, 0.05) is 31.4 Å². The summed E-state index contributed by atoms with van der Waals surface area (Å²) < 4.78 is 34.3. The van der Waals surface area contributed by atoms with Crippen molar-refractivity contribution in [1.29, 1.82) is 0 Å². The summed E-state index contributed by atoms with van der Waals surface area (Å²) in [5.74, 6) is -1.09. The molecule has 1 amide bonds. The first-order valence-corrected chi connectivity index (χ1v) is 11.0. The highest BCUT2D eigenvalue weighted by Crippen LogP contribution is 2.36. The molecule has 3 aromatic rings. The predicted octanol–water partition coefficient (Wildman–Crippen LogP) is 4.06. The quantitative estimate of drug-likeness (QED) is 0.505. The van der Waals surface area contributed by atoms with Crippen molar-refractivity contribution in [2.75, 3.05) is 29.7 Å². The highest BCUT2D eigenvalue weighted by Gasteiger charge is 2.34. The van der Waals surface area contributed by atoms with Gasteiger partial charge < -0.3 is 20.3 Å². The van der Waals surface area contributed by atoms with Gasteiger partial charge in [0.2, 0.25) is 5.91 Å².